The van der Waals surface area contributed by atoms with Gasteiger partial charge in [0.2, 0.25) is 0 Å². The summed E-state index contributed by atoms with van der Waals surface area (Å²) in [6, 6.07) is 6.16. The maximum Gasteiger partial charge on any atom is 1.00 e. The van der Waals surface area contributed by atoms with Gasteiger partial charge in [0, 0.05) is 0 Å². The van der Waals surface area contributed by atoms with Crippen molar-refractivity contribution in [2.45, 2.75) is 5.25 Å². The first kappa shape index (κ1) is 15.6. The third-order valence-electron chi connectivity index (χ3n) is 1.86. The van der Waals surface area contributed by atoms with Crippen molar-refractivity contribution in [3.8, 4) is 0 Å². The van der Waals surface area contributed by atoms with Gasteiger partial charge in [-0.05, 0) is 12.1 Å². The van der Waals surface area contributed by atoms with Gasteiger partial charge in [-0.15, -0.1) is 11.3 Å². The van der Waals surface area contributed by atoms with Crippen LogP contribution < -0.4 is 51.4 Å². The summed E-state index contributed by atoms with van der Waals surface area (Å²) in [6.07, 6.45) is 0. The van der Waals surface area contributed by atoms with E-state index in [0.29, 0.717) is 16.0 Å². The number of alkyl halides is 2. The molecule has 1 aromatic heterocycles. The van der Waals surface area contributed by atoms with E-state index in [4.69, 9.17) is 0 Å². The summed E-state index contributed by atoms with van der Waals surface area (Å²) in [4.78, 5) is 3.44. The largest absolute Gasteiger partial charge is 1.00 e. The van der Waals surface area contributed by atoms with Crippen LogP contribution in [0.1, 0.15) is 5.01 Å². The minimum Gasteiger partial charge on any atom is -0.743 e. The molecule has 0 N–H and O–H groups in total. The third-order valence-corrected chi connectivity index (χ3v) is 3.91. The second-order valence-electron chi connectivity index (χ2n) is 2.96. The van der Waals surface area contributed by atoms with Crippen LogP contribution >= 0.6 is 11.3 Å². The van der Waals surface area contributed by atoms with Gasteiger partial charge in [-0.3, -0.25) is 0 Å². The number of thiazole rings is 1. The van der Waals surface area contributed by atoms with E-state index in [1.54, 1.807) is 12.1 Å². The minimum absolute atomic E-state index is 0. The Kier molecular flexibility index (Phi) is 4.81. The van der Waals surface area contributed by atoms with Gasteiger partial charge in [-0.1, -0.05) is 12.1 Å². The molecule has 9 heteroatoms. The van der Waals surface area contributed by atoms with Gasteiger partial charge in [-0.25, -0.2) is 13.4 Å². The average molecular weight is 303 g/mol. The summed E-state index contributed by atoms with van der Waals surface area (Å²) in [5.74, 6) is 0. The zero-order valence-corrected chi connectivity index (χ0v) is 13.3. The fourth-order valence-corrected chi connectivity index (χ4v) is 2.63. The molecule has 0 aliphatic carbocycles. The summed E-state index contributed by atoms with van der Waals surface area (Å²) in [5, 5.41) is -5.47. The molecule has 2 aromatic rings. The van der Waals surface area contributed by atoms with Crippen molar-refractivity contribution in [3.05, 3.63) is 29.3 Å². The van der Waals surface area contributed by atoms with Crippen molar-refractivity contribution in [1.82, 2.24) is 4.98 Å². The molecule has 2 rings (SSSR count). The van der Waals surface area contributed by atoms with E-state index in [0.717, 1.165) is 0 Å². The van der Waals surface area contributed by atoms with Crippen molar-refractivity contribution in [2.24, 2.45) is 0 Å². The van der Waals surface area contributed by atoms with Gasteiger partial charge in [0.05, 0.1) is 10.2 Å². The predicted octanol–water partition coefficient (Wildman–Crippen LogP) is -1.11. The van der Waals surface area contributed by atoms with E-state index in [-0.39, 0.29) is 56.9 Å². The monoisotopic (exact) mass is 303 g/mol. The summed E-state index contributed by atoms with van der Waals surface area (Å²) in [7, 11) is -5.74. The third kappa shape index (κ3) is 2.92. The van der Waals surface area contributed by atoms with Crippen molar-refractivity contribution >= 4 is 31.7 Å². The maximum absolute atomic E-state index is 13.1. The molecule has 0 unspecified atom stereocenters. The van der Waals surface area contributed by atoms with Crippen molar-refractivity contribution in [3.63, 3.8) is 0 Å². The molecule has 0 aliphatic rings. The van der Waals surface area contributed by atoms with Gasteiger partial charge >= 0.3 is 56.6 Å². The zero-order valence-electron chi connectivity index (χ0n) is 8.55. The maximum atomic E-state index is 13.1. The van der Waals surface area contributed by atoms with Crippen LogP contribution in [-0.2, 0) is 15.4 Å². The average Bonchev–Trinajstić information content (AvgIpc) is 2.59. The number of rotatable bonds is 2. The summed E-state index contributed by atoms with van der Waals surface area (Å²) in [6.45, 7) is 0. The van der Waals surface area contributed by atoms with Crippen LogP contribution in [0.3, 0.4) is 0 Å². The van der Waals surface area contributed by atoms with E-state index in [1.165, 1.54) is 12.1 Å². The number of fused-ring (bicyclic) bond motifs is 1. The second kappa shape index (κ2) is 5.25. The molecule has 0 atom stereocenters. The normalized spacial score (nSPS) is 12.4. The summed E-state index contributed by atoms with van der Waals surface area (Å²) >= 11 is 0.491. The first-order chi connectivity index (χ1) is 7.32. The Balaban J connectivity index is 0.00000144. The first-order valence-electron chi connectivity index (χ1n) is 4.01. The molecule has 0 amide bonds. The van der Waals surface area contributed by atoms with Crippen LogP contribution in [0.5, 0.6) is 0 Å². The van der Waals surface area contributed by atoms with Gasteiger partial charge in [0.25, 0.3) is 0 Å². The Labute approximate surface area is 142 Å². The number of para-hydroxylation sites is 1. The Bertz CT molecular complexity index is 608. The number of benzene rings is 1. The van der Waals surface area contributed by atoms with E-state index in [9.17, 15) is 21.8 Å². The molecule has 0 fully saturated rings. The van der Waals surface area contributed by atoms with Crippen LogP contribution in [0.2, 0.25) is 0 Å². The number of hydrogen-bond donors (Lipinski definition) is 0. The standard InChI is InChI=1S/C8H5F2NO3S2.K/c9-8(10,16(12,13)14)7-11-5-3-1-2-4-6(5)15-7;/h1-4H,(H,12,13,14);/q;+1/p-1. The Morgan fingerprint density at radius 1 is 1.29 bits per heavy atom. The predicted molar refractivity (Wildman–Crippen MR) is 53.2 cm³/mol. The van der Waals surface area contributed by atoms with Crippen LogP contribution in [0.4, 0.5) is 8.78 Å². The number of halogens is 2. The molecule has 4 nitrogen and oxygen atoms in total. The molecular weight excluding hydrogens is 299 g/mol. The van der Waals surface area contributed by atoms with Gasteiger partial charge in [-0.2, -0.15) is 8.78 Å². The fraction of sp³-hybridized carbons (Fsp3) is 0.125. The van der Waals surface area contributed by atoms with Crippen molar-refractivity contribution in [2.75, 3.05) is 0 Å². The van der Waals surface area contributed by atoms with E-state index < -0.39 is 20.4 Å². The van der Waals surface area contributed by atoms with E-state index >= 15 is 0 Å². The summed E-state index contributed by atoms with van der Waals surface area (Å²) < 4.78 is 57.9. The summed E-state index contributed by atoms with van der Waals surface area (Å²) in [5.41, 5.74) is 0.242. The SMILES string of the molecule is O=S(=O)([O-])C(F)(F)c1nc2ccccc2s1.[K+]. The fourth-order valence-electron chi connectivity index (χ4n) is 1.10. The van der Waals surface area contributed by atoms with Gasteiger partial charge in [0.1, 0.15) is 0 Å². The first-order valence-corrected chi connectivity index (χ1v) is 6.24. The van der Waals surface area contributed by atoms with Crippen molar-refractivity contribution < 1.29 is 73.1 Å². The molecule has 17 heavy (non-hydrogen) atoms. The molecular formula is C8H4F2KNO3S2. The Morgan fingerprint density at radius 2 is 1.88 bits per heavy atom. The van der Waals surface area contributed by atoms with Crippen molar-refractivity contribution in [1.29, 1.82) is 0 Å². The molecule has 0 spiro atoms. The molecule has 0 saturated carbocycles. The van der Waals surface area contributed by atoms with E-state index in [2.05, 4.69) is 4.98 Å². The number of hydrogen-bond acceptors (Lipinski definition) is 5. The molecule has 0 bridgehead atoms. The van der Waals surface area contributed by atoms with Gasteiger partial charge < -0.3 is 4.55 Å². The van der Waals surface area contributed by atoms with Crippen LogP contribution in [0.25, 0.3) is 10.2 Å². The minimum atomic E-state index is -5.74. The number of aromatic nitrogens is 1. The van der Waals surface area contributed by atoms with Crippen LogP contribution in [-0.4, -0.2) is 18.0 Å². The molecule has 0 aliphatic heterocycles. The molecule has 1 heterocycles. The molecule has 86 valence electrons. The van der Waals surface area contributed by atoms with Crippen LogP contribution in [0, 0.1) is 0 Å². The molecule has 0 radical (unpaired) electrons. The van der Waals surface area contributed by atoms with E-state index in [1.807, 2.05) is 0 Å². The Hall–Kier alpha value is 0.516. The molecule has 1 aromatic carbocycles. The topological polar surface area (TPSA) is 70.1 Å². The molecule has 0 saturated heterocycles. The van der Waals surface area contributed by atoms with Crippen LogP contribution in [0.15, 0.2) is 24.3 Å². The number of nitrogens with zero attached hydrogens (tertiary/aromatic N) is 1. The van der Waals surface area contributed by atoms with Gasteiger partial charge in [0.15, 0.2) is 15.1 Å². The smallest absolute Gasteiger partial charge is 0.743 e. The Morgan fingerprint density at radius 3 is 2.41 bits per heavy atom. The quantitative estimate of drug-likeness (QED) is 0.521. The zero-order chi connectivity index (χ0) is 12.0. The second-order valence-corrected chi connectivity index (χ2v) is 5.41.